The lowest BCUT2D eigenvalue weighted by molar-refractivity contribution is 0.0244. The Morgan fingerprint density at radius 3 is 2.50 bits per heavy atom. The van der Waals surface area contributed by atoms with Gasteiger partial charge in [-0.3, -0.25) is 4.90 Å². The molecule has 1 aromatic carbocycles. The predicted octanol–water partition coefficient (Wildman–Crippen LogP) is 3.79. The topological polar surface area (TPSA) is 15.3 Å². The van der Waals surface area contributed by atoms with Gasteiger partial charge in [-0.25, -0.2) is 0 Å². The average Bonchev–Trinajstić information content (AvgIpc) is 2.49. The third kappa shape index (κ3) is 2.74. The fourth-order valence-electron chi connectivity index (χ4n) is 4.01. The maximum atomic E-state index is 6.08. The summed E-state index contributed by atoms with van der Waals surface area (Å²) >= 11 is 6.08. The molecule has 1 aliphatic carbocycles. The SMILES string of the molecule is C[C@@H]1CN(C2(c3ccc(Cl)cc3)CCCCC2)CCN1. The van der Waals surface area contributed by atoms with Crippen LogP contribution in [-0.2, 0) is 5.54 Å². The van der Waals surface area contributed by atoms with Crippen LogP contribution in [0.2, 0.25) is 5.02 Å². The molecule has 1 atom stereocenters. The van der Waals surface area contributed by atoms with E-state index < -0.39 is 0 Å². The fourth-order valence-corrected chi connectivity index (χ4v) is 4.13. The normalized spacial score (nSPS) is 27.4. The Labute approximate surface area is 127 Å². The summed E-state index contributed by atoms with van der Waals surface area (Å²) in [5.41, 5.74) is 1.72. The molecule has 1 aliphatic heterocycles. The van der Waals surface area contributed by atoms with Gasteiger partial charge in [0.25, 0.3) is 0 Å². The maximum Gasteiger partial charge on any atom is 0.0461 e. The molecular weight excluding hydrogens is 268 g/mol. The van der Waals surface area contributed by atoms with Crippen LogP contribution in [0.25, 0.3) is 0 Å². The van der Waals surface area contributed by atoms with E-state index in [1.54, 1.807) is 0 Å². The van der Waals surface area contributed by atoms with Crippen molar-refractivity contribution in [3.63, 3.8) is 0 Å². The van der Waals surface area contributed by atoms with Crippen LogP contribution in [0.4, 0.5) is 0 Å². The van der Waals surface area contributed by atoms with Crippen LogP contribution in [0.5, 0.6) is 0 Å². The molecule has 3 heteroatoms. The zero-order chi connectivity index (χ0) is 14.0. The number of hydrogen-bond acceptors (Lipinski definition) is 2. The molecule has 1 N–H and O–H groups in total. The van der Waals surface area contributed by atoms with Gasteiger partial charge in [0, 0.05) is 36.2 Å². The molecule has 20 heavy (non-hydrogen) atoms. The van der Waals surface area contributed by atoms with E-state index in [1.807, 2.05) is 0 Å². The lowest BCUT2D eigenvalue weighted by Gasteiger charge is -2.50. The Morgan fingerprint density at radius 2 is 1.85 bits per heavy atom. The van der Waals surface area contributed by atoms with E-state index in [1.165, 1.54) is 37.7 Å². The van der Waals surface area contributed by atoms with E-state index >= 15 is 0 Å². The van der Waals surface area contributed by atoms with Gasteiger partial charge in [-0.1, -0.05) is 43.0 Å². The average molecular weight is 293 g/mol. The molecule has 0 spiro atoms. The van der Waals surface area contributed by atoms with Crippen molar-refractivity contribution in [2.75, 3.05) is 19.6 Å². The van der Waals surface area contributed by atoms with Crippen LogP contribution >= 0.6 is 11.6 Å². The highest BCUT2D eigenvalue weighted by atomic mass is 35.5. The number of hydrogen-bond donors (Lipinski definition) is 1. The smallest absolute Gasteiger partial charge is 0.0461 e. The zero-order valence-corrected chi connectivity index (χ0v) is 13.1. The second kappa shape index (κ2) is 6.05. The van der Waals surface area contributed by atoms with E-state index in [0.29, 0.717) is 6.04 Å². The summed E-state index contributed by atoms with van der Waals surface area (Å²) in [4.78, 5) is 2.73. The van der Waals surface area contributed by atoms with Gasteiger partial charge in [-0.05, 0) is 37.5 Å². The molecule has 0 amide bonds. The number of nitrogens with zero attached hydrogens (tertiary/aromatic N) is 1. The van der Waals surface area contributed by atoms with Crippen LogP contribution in [0.3, 0.4) is 0 Å². The Balaban J connectivity index is 1.93. The summed E-state index contributed by atoms with van der Waals surface area (Å²) in [7, 11) is 0. The molecule has 2 aliphatic rings. The first-order valence-electron chi connectivity index (χ1n) is 7.95. The van der Waals surface area contributed by atoms with E-state index in [2.05, 4.69) is 41.4 Å². The molecule has 3 rings (SSSR count). The molecule has 0 aromatic heterocycles. The molecule has 0 bridgehead atoms. The Kier molecular flexibility index (Phi) is 4.34. The molecular formula is C17H25ClN2. The molecule has 1 saturated carbocycles. The first-order valence-corrected chi connectivity index (χ1v) is 8.33. The molecule has 1 aromatic rings. The van der Waals surface area contributed by atoms with Crippen molar-refractivity contribution in [3.05, 3.63) is 34.9 Å². The molecule has 0 radical (unpaired) electrons. The van der Waals surface area contributed by atoms with Crippen LogP contribution < -0.4 is 5.32 Å². The second-order valence-electron chi connectivity index (χ2n) is 6.40. The zero-order valence-electron chi connectivity index (χ0n) is 12.4. The molecule has 110 valence electrons. The number of benzene rings is 1. The predicted molar refractivity (Wildman–Crippen MR) is 85.3 cm³/mol. The fraction of sp³-hybridized carbons (Fsp3) is 0.647. The molecule has 1 heterocycles. The Morgan fingerprint density at radius 1 is 1.15 bits per heavy atom. The third-order valence-corrected chi connectivity index (χ3v) is 5.29. The van der Waals surface area contributed by atoms with Crippen LogP contribution in [0.15, 0.2) is 24.3 Å². The van der Waals surface area contributed by atoms with Gasteiger partial charge in [0.15, 0.2) is 0 Å². The summed E-state index contributed by atoms with van der Waals surface area (Å²) < 4.78 is 0. The Bertz CT molecular complexity index is 437. The van der Waals surface area contributed by atoms with E-state index in [4.69, 9.17) is 11.6 Å². The highest BCUT2D eigenvalue weighted by molar-refractivity contribution is 6.30. The van der Waals surface area contributed by atoms with Crippen molar-refractivity contribution in [1.82, 2.24) is 10.2 Å². The number of rotatable bonds is 2. The van der Waals surface area contributed by atoms with Crippen LogP contribution in [0.1, 0.15) is 44.6 Å². The number of piperazine rings is 1. The first-order chi connectivity index (χ1) is 9.71. The monoisotopic (exact) mass is 292 g/mol. The van der Waals surface area contributed by atoms with Crippen LogP contribution in [0, 0.1) is 0 Å². The molecule has 0 unspecified atom stereocenters. The van der Waals surface area contributed by atoms with Crippen molar-refractivity contribution >= 4 is 11.6 Å². The first kappa shape index (κ1) is 14.4. The van der Waals surface area contributed by atoms with Crippen molar-refractivity contribution in [3.8, 4) is 0 Å². The van der Waals surface area contributed by atoms with E-state index in [0.717, 1.165) is 24.7 Å². The van der Waals surface area contributed by atoms with Crippen molar-refractivity contribution in [1.29, 1.82) is 0 Å². The number of nitrogens with one attached hydrogen (secondary N) is 1. The highest BCUT2D eigenvalue weighted by Gasteiger charge is 2.40. The Hall–Kier alpha value is -0.570. The van der Waals surface area contributed by atoms with Crippen LogP contribution in [-0.4, -0.2) is 30.6 Å². The molecule has 1 saturated heterocycles. The van der Waals surface area contributed by atoms with Gasteiger partial charge in [0.1, 0.15) is 0 Å². The van der Waals surface area contributed by atoms with Gasteiger partial charge >= 0.3 is 0 Å². The minimum absolute atomic E-state index is 0.249. The van der Waals surface area contributed by atoms with Gasteiger partial charge in [0.05, 0.1) is 0 Å². The van der Waals surface area contributed by atoms with Gasteiger partial charge in [0.2, 0.25) is 0 Å². The number of halogens is 1. The standard InChI is InChI=1S/C17H25ClN2/c1-14-13-20(12-11-19-14)17(9-3-2-4-10-17)15-5-7-16(18)8-6-15/h5-8,14,19H,2-4,9-13H2,1H3/t14-/m1/s1. The summed E-state index contributed by atoms with van der Waals surface area (Å²) in [6.07, 6.45) is 6.67. The minimum atomic E-state index is 0.249. The summed E-state index contributed by atoms with van der Waals surface area (Å²) in [5, 5.41) is 4.41. The molecule has 2 fully saturated rings. The lowest BCUT2D eigenvalue weighted by atomic mass is 9.74. The summed E-state index contributed by atoms with van der Waals surface area (Å²) in [5.74, 6) is 0. The third-order valence-electron chi connectivity index (χ3n) is 5.04. The van der Waals surface area contributed by atoms with Gasteiger partial charge < -0.3 is 5.32 Å². The van der Waals surface area contributed by atoms with Crippen molar-refractivity contribution in [2.45, 2.75) is 50.6 Å². The summed E-state index contributed by atoms with van der Waals surface area (Å²) in [6, 6.07) is 9.20. The van der Waals surface area contributed by atoms with Crippen molar-refractivity contribution < 1.29 is 0 Å². The summed E-state index contributed by atoms with van der Waals surface area (Å²) in [6.45, 7) is 5.72. The minimum Gasteiger partial charge on any atom is -0.312 e. The molecule has 2 nitrogen and oxygen atoms in total. The maximum absolute atomic E-state index is 6.08. The quantitative estimate of drug-likeness (QED) is 0.892. The van der Waals surface area contributed by atoms with E-state index in [9.17, 15) is 0 Å². The lowest BCUT2D eigenvalue weighted by Crippen LogP contribution is -2.58. The second-order valence-corrected chi connectivity index (χ2v) is 6.84. The van der Waals surface area contributed by atoms with Gasteiger partial charge in [-0.2, -0.15) is 0 Å². The highest BCUT2D eigenvalue weighted by Crippen LogP contribution is 2.43. The van der Waals surface area contributed by atoms with E-state index in [-0.39, 0.29) is 5.54 Å². The largest absolute Gasteiger partial charge is 0.312 e. The van der Waals surface area contributed by atoms with Gasteiger partial charge in [-0.15, -0.1) is 0 Å². The van der Waals surface area contributed by atoms with Crippen molar-refractivity contribution in [2.24, 2.45) is 0 Å².